The Bertz CT molecular complexity index is 694. The predicted molar refractivity (Wildman–Crippen MR) is 73.6 cm³/mol. The van der Waals surface area contributed by atoms with E-state index >= 15 is 0 Å². The second kappa shape index (κ2) is 3.94. The minimum atomic E-state index is 0.0233. The molecular weight excluding hydrogens is 254 g/mol. The highest BCUT2D eigenvalue weighted by atomic mass is 16.1. The van der Waals surface area contributed by atoms with Gasteiger partial charge in [0.15, 0.2) is 5.82 Å². The molecule has 0 saturated heterocycles. The molecule has 2 aromatic rings. The molecule has 1 atom stereocenters. The summed E-state index contributed by atoms with van der Waals surface area (Å²) in [6, 6.07) is 0. The van der Waals surface area contributed by atoms with Gasteiger partial charge < -0.3 is 9.88 Å². The fraction of sp³-hybridized carbons (Fsp3) is 0.500. The van der Waals surface area contributed by atoms with Crippen molar-refractivity contribution in [3.05, 3.63) is 29.0 Å². The van der Waals surface area contributed by atoms with Crippen LogP contribution in [0.5, 0.6) is 0 Å². The Labute approximate surface area is 116 Å². The second-order valence-corrected chi connectivity index (χ2v) is 5.77. The fourth-order valence-corrected chi connectivity index (χ4v) is 3.06. The van der Waals surface area contributed by atoms with Gasteiger partial charge in [-0.3, -0.25) is 9.89 Å². The predicted octanol–water partition coefficient (Wildman–Crippen LogP) is 1.80. The SMILES string of the molecule is Cc1ncc(C2CC(=O)Nc3n[nH]c(C4CC4)c32)n1C. The first-order valence-corrected chi connectivity index (χ1v) is 7.01. The summed E-state index contributed by atoms with van der Waals surface area (Å²) < 4.78 is 2.07. The number of carbonyl (C=O) groups is 1. The van der Waals surface area contributed by atoms with Crippen molar-refractivity contribution in [1.29, 1.82) is 0 Å². The Hall–Kier alpha value is -2.11. The van der Waals surface area contributed by atoms with Crippen molar-refractivity contribution >= 4 is 11.7 Å². The molecule has 1 unspecified atom stereocenters. The molecule has 0 bridgehead atoms. The van der Waals surface area contributed by atoms with Crippen molar-refractivity contribution < 1.29 is 4.79 Å². The summed E-state index contributed by atoms with van der Waals surface area (Å²) in [6.45, 7) is 1.98. The molecule has 4 rings (SSSR count). The average molecular weight is 271 g/mol. The number of hydrogen-bond donors (Lipinski definition) is 2. The molecule has 104 valence electrons. The summed E-state index contributed by atoms with van der Waals surface area (Å²) in [5, 5.41) is 10.3. The van der Waals surface area contributed by atoms with E-state index in [0.717, 1.165) is 17.1 Å². The fourth-order valence-electron chi connectivity index (χ4n) is 3.06. The number of hydrogen-bond acceptors (Lipinski definition) is 3. The number of nitrogens with one attached hydrogen (secondary N) is 2. The van der Waals surface area contributed by atoms with Crippen LogP contribution in [0.4, 0.5) is 5.82 Å². The van der Waals surface area contributed by atoms with Gasteiger partial charge in [-0.15, -0.1) is 0 Å². The first-order chi connectivity index (χ1) is 9.65. The van der Waals surface area contributed by atoms with Crippen LogP contribution >= 0.6 is 0 Å². The Morgan fingerprint density at radius 2 is 2.20 bits per heavy atom. The van der Waals surface area contributed by atoms with Gasteiger partial charge in [-0.05, 0) is 19.8 Å². The maximum atomic E-state index is 11.9. The molecule has 2 aliphatic rings. The third kappa shape index (κ3) is 1.60. The van der Waals surface area contributed by atoms with E-state index in [1.807, 2.05) is 20.2 Å². The van der Waals surface area contributed by atoms with Gasteiger partial charge in [0.25, 0.3) is 0 Å². The van der Waals surface area contributed by atoms with Crippen LogP contribution in [0.1, 0.15) is 53.9 Å². The van der Waals surface area contributed by atoms with Gasteiger partial charge in [0.2, 0.25) is 5.91 Å². The highest BCUT2D eigenvalue weighted by Gasteiger charge is 2.38. The molecule has 1 aliphatic carbocycles. The Morgan fingerprint density at radius 3 is 2.85 bits per heavy atom. The number of fused-ring (bicyclic) bond motifs is 1. The van der Waals surface area contributed by atoms with Crippen molar-refractivity contribution in [2.45, 2.75) is 38.0 Å². The van der Waals surface area contributed by atoms with Gasteiger partial charge >= 0.3 is 0 Å². The van der Waals surface area contributed by atoms with Crippen LogP contribution in [0.25, 0.3) is 0 Å². The molecule has 0 aromatic carbocycles. The molecule has 1 aliphatic heterocycles. The number of H-pyrrole nitrogens is 1. The van der Waals surface area contributed by atoms with Gasteiger partial charge in [0.05, 0.1) is 0 Å². The zero-order valence-corrected chi connectivity index (χ0v) is 11.6. The molecule has 6 heteroatoms. The van der Waals surface area contributed by atoms with Gasteiger partial charge in [-0.1, -0.05) is 0 Å². The van der Waals surface area contributed by atoms with Crippen molar-refractivity contribution in [1.82, 2.24) is 19.7 Å². The largest absolute Gasteiger partial charge is 0.335 e. The zero-order valence-electron chi connectivity index (χ0n) is 11.6. The standard InChI is InChI=1S/C14H17N5O/c1-7-15-6-10(19(7)2)9-5-11(20)16-14-12(9)13(17-18-14)8-3-4-8/h6,8-9H,3-5H2,1-2H3,(H2,16,17,18,20). The van der Waals surface area contributed by atoms with Crippen molar-refractivity contribution in [3.8, 4) is 0 Å². The number of aryl methyl sites for hydroxylation is 1. The molecule has 2 aromatic heterocycles. The highest BCUT2D eigenvalue weighted by Crippen LogP contribution is 2.47. The van der Waals surface area contributed by atoms with Crippen LogP contribution in [-0.4, -0.2) is 25.7 Å². The van der Waals surface area contributed by atoms with Gasteiger partial charge in [0, 0.05) is 48.5 Å². The summed E-state index contributed by atoms with van der Waals surface area (Å²) in [5.41, 5.74) is 3.45. The Balaban J connectivity index is 1.86. The molecule has 20 heavy (non-hydrogen) atoms. The monoisotopic (exact) mass is 271 g/mol. The van der Waals surface area contributed by atoms with E-state index in [-0.39, 0.29) is 11.8 Å². The smallest absolute Gasteiger partial charge is 0.226 e. The van der Waals surface area contributed by atoms with E-state index in [4.69, 9.17) is 0 Å². The first kappa shape index (κ1) is 11.7. The lowest BCUT2D eigenvalue weighted by atomic mass is 9.88. The first-order valence-electron chi connectivity index (χ1n) is 7.01. The van der Waals surface area contributed by atoms with Gasteiger partial charge in [-0.25, -0.2) is 4.98 Å². The van der Waals surface area contributed by atoms with Crippen LogP contribution in [-0.2, 0) is 11.8 Å². The van der Waals surface area contributed by atoms with Gasteiger partial charge in [0.1, 0.15) is 5.82 Å². The summed E-state index contributed by atoms with van der Waals surface area (Å²) in [5.74, 6) is 2.32. The van der Waals surface area contributed by atoms with E-state index in [0.29, 0.717) is 18.2 Å². The van der Waals surface area contributed by atoms with Crippen LogP contribution in [0, 0.1) is 6.92 Å². The topological polar surface area (TPSA) is 75.6 Å². The molecule has 0 radical (unpaired) electrons. The molecule has 1 amide bonds. The number of imidazole rings is 1. The summed E-state index contributed by atoms with van der Waals surface area (Å²) in [7, 11) is 2.00. The van der Waals surface area contributed by atoms with E-state index in [9.17, 15) is 4.79 Å². The summed E-state index contributed by atoms with van der Waals surface area (Å²) >= 11 is 0. The molecular formula is C14H17N5O. The van der Waals surface area contributed by atoms with Crippen LogP contribution < -0.4 is 5.32 Å². The van der Waals surface area contributed by atoms with Crippen LogP contribution in [0.2, 0.25) is 0 Å². The zero-order chi connectivity index (χ0) is 13.9. The lowest BCUT2D eigenvalue weighted by molar-refractivity contribution is -0.116. The van der Waals surface area contributed by atoms with E-state index in [2.05, 4.69) is 25.1 Å². The number of nitrogens with zero attached hydrogens (tertiary/aromatic N) is 3. The minimum Gasteiger partial charge on any atom is -0.335 e. The summed E-state index contributed by atoms with van der Waals surface area (Å²) in [4.78, 5) is 16.3. The van der Waals surface area contributed by atoms with Crippen LogP contribution in [0.3, 0.4) is 0 Å². The molecule has 3 heterocycles. The number of aromatic nitrogens is 4. The van der Waals surface area contributed by atoms with Crippen molar-refractivity contribution in [2.75, 3.05) is 5.32 Å². The maximum absolute atomic E-state index is 11.9. The normalized spacial score (nSPS) is 21.7. The number of rotatable bonds is 2. The number of anilines is 1. The third-order valence-corrected chi connectivity index (χ3v) is 4.43. The average Bonchev–Trinajstić information content (AvgIpc) is 3.10. The van der Waals surface area contributed by atoms with Gasteiger partial charge in [-0.2, -0.15) is 5.10 Å². The van der Waals surface area contributed by atoms with Crippen molar-refractivity contribution in [3.63, 3.8) is 0 Å². The van der Waals surface area contributed by atoms with E-state index in [1.165, 1.54) is 18.5 Å². The second-order valence-electron chi connectivity index (χ2n) is 5.77. The molecule has 0 spiro atoms. The maximum Gasteiger partial charge on any atom is 0.226 e. The molecule has 2 N–H and O–H groups in total. The highest BCUT2D eigenvalue weighted by molar-refractivity contribution is 5.94. The minimum absolute atomic E-state index is 0.0233. The van der Waals surface area contributed by atoms with E-state index in [1.54, 1.807) is 0 Å². The number of aromatic amines is 1. The number of carbonyl (C=O) groups excluding carboxylic acids is 1. The number of amides is 1. The lowest BCUT2D eigenvalue weighted by Crippen LogP contribution is -2.24. The van der Waals surface area contributed by atoms with E-state index < -0.39 is 0 Å². The molecule has 6 nitrogen and oxygen atoms in total. The lowest BCUT2D eigenvalue weighted by Gasteiger charge is -2.23. The Kier molecular flexibility index (Phi) is 2.31. The van der Waals surface area contributed by atoms with Crippen molar-refractivity contribution in [2.24, 2.45) is 7.05 Å². The Morgan fingerprint density at radius 1 is 1.40 bits per heavy atom. The third-order valence-electron chi connectivity index (χ3n) is 4.43. The molecule has 1 saturated carbocycles. The quantitative estimate of drug-likeness (QED) is 0.874. The van der Waals surface area contributed by atoms with Crippen LogP contribution in [0.15, 0.2) is 6.20 Å². The summed E-state index contributed by atoms with van der Waals surface area (Å²) in [6.07, 6.45) is 4.76. The molecule has 1 fully saturated rings.